The number of hydrogen-bond acceptors (Lipinski definition) is 3. The Morgan fingerprint density at radius 3 is 2.92 bits per heavy atom. The summed E-state index contributed by atoms with van der Waals surface area (Å²) >= 11 is 6.05. The van der Waals surface area contributed by atoms with Gasteiger partial charge in [0.15, 0.2) is 0 Å². The van der Waals surface area contributed by atoms with Crippen LogP contribution >= 0.6 is 11.6 Å². The van der Waals surface area contributed by atoms with Crippen LogP contribution in [0.1, 0.15) is 29.9 Å². The van der Waals surface area contributed by atoms with Crippen LogP contribution in [0.15, 0.2) is 36.3 Å². The van der Waals surface area contributed by atoms with E-state index in [1.807, 2.05) is 54.8 Å². The highest BCUT2D eigenvalue weighted by molar-refractivity contribution is 6.29. The molecule has 0 unspecified atom stereocenters. The average molecular weight is 359 g/mol. The topological polar surface area (TPSA) is 50.2 Å². The number of nitrogens with one attached hydrogen (secondary N) is 1. The van der Waals surface area contributed by atoms with Gasteiger partial charge in [-0.2, -0.15) is 0 Å². The Bertz CT molecular complexity index is 840. The van der Waals surface area contributed by atoms with E-state index >= 15 is 0 Å². The van der Waals surface area contributed by atoms with E-state index in [0.29, 0.717) is 17.4 Å². The lowest BCUT2D eigenvalue weighted by atomic mass is 10.1. The number of allylic oxidation sites excluding steroid dienone is 1. The summed E-state index contributed by atoms with van der Waals surface area (Å²) in [6.07, 6.45) is 5.80. The first-order valence-corrected chi connectivity index (χ1v) is 8.79. The highest BCUT2D eigenvalue weighted by Gasteiger charge is 2.31. The number of hydrogen-bond donors (Lipinski definition) is 1. The lowest BCUT2D eigenvalue weighted by Crippen LogP contribution is -2.47. The molecule has 1 atom stereocenters. The number of fused-ring (bicyclic) bond motifs is 1. The number of aromatic nitrogens is 2. The van der Waals surface area contributed by atoms with Crippen molar-refractivity contribution < 1.29 is 4.79 Å². The maximum Gasteiger partial charge on any atom is 0.271 e. The van der Waals surface area contributed by atoms with Crippen molar-refractivity contribution in [2.75, 3.05) is 13.6 Å². The summed E-state index contributed by atoms with van der Waals surface area (Å²) in [7, 11) is 1.88. The molecule has 0 saturated carbocycles. The first-order valence-electron chi connectivity index (χ1n) is 8.41. The number of aryl methyl sites for hydroxylation is 1. The molecule has 1 amide bonds. The number of nitrogens with zero attached hydrogens (tertiary/aromatic N) is 3. The van der Waals surface area contributed by atoms with Gasteiger partial charge in [0.1, 0.15) is 10.8 Å². The van der Waals surface area contributed by atoms with Gasteiger partial charge in [-0.3, -0.25) is 4.79 Å². The zero-order valence-corrected chi connectivity index (χ0v) is 15.8. The zero-order chi connectivity index (χ0) is 18.1. The summed E-state index contributed by atoms with van der Waals surface area (Å²) in [6.45, 7) is 7.42. The maximum atomic E-state index is 13.0. The lowest BCUT2D eigenvalue weighted by molar-refractivity contribution is 0.0634. The molecular formula is C19H23ClN4O. The minimum atomic E-state index is 0.0532. The summed E-state index contributed by atoms with van der Waals surface area (Å²) in [5.41, 5.74) is 4.80. The van der Waals surface area contributed by atoms with Crippen molar-refractivity contribution in [2.45, 2.75) is 33.4 Å². The Kier molecular flexibility index (Phi) is 4.86. The second-order valence-corrected chi connectivity index (χ2v) is 6.82. The van der Waals surface area contributed by atoms with Crippen molar-refractivity contribution in [1.82, 2.24) is 19.8 Å². The van der Waals surface area contributed by atoms with Gasteiger partial charge < -0.3 is 14.8 Å². The molecule has 2 aromatic rings. The van der Waals surface area contributed by atoms with Crippen LogP contribution in [0.4, 0.5) is 0 Å². The molecule has 1 aliphatic rings. The quantitative estimate of drug-likeness (QED) is 0.851. The van der Waals surface area contributed by atoms with E-state index < -0.39 is 0 Å². The highest BCUT2D eigenvalue weighted by Crippen LogP contribution is 2.30. The number of likely N-dealkylation sites (N-methyl/N-ethyl adjacent to an activating group) is 1. The summed E-state index contributed by atoms with van der Waals surface area (Å²) < 4.78 is 2.04. The first-order chi connectivity index (χ1) is 11.9. The summed E-state index contributed by atoms with van der Waals surface area (Å²) in [5, 5.41) is 3.60. The van der Waals surface area contributed by atoms with E-state index in [-0.39, 0.29) is 11.9 Å². The van der Waals surface area contributed by atoms with Gasteiger partial charge in [0, 0.05) is 43.3 Å². The third-order valence-corrected chi connectivity index (χ3v) is 4.97. The predicted octanol–water partition coefficient (Wildman–Crippen LogP) is 3.48. The molecule has 2 aromatic heterocycles. The number of amides is 1. The molecule has 6 heteroatoms. The van der Waals surface area contributed by atoms with Gasteiger partial charge in [-0.05, 0) is 44.0 Å². The molecule has 3 heterocycles. The van der Waals surface area contributed by atoms with Gasteiger partial charge in [-0.1, -0.05) is 17.7 Å². The maximum absolute atomic E-state index is 13.0. The second kappa shape index (κ2) is 6.92. The van der Waals surface area contributed by atoms with Crippen LogP contribution < -0.4 is 5.32 Å². The van der Waals surface area contributed by atoms with Gasteiger partial charge in [-0.15, -0.1) is 0 Å². The number of carbonyl (C=O) groups is 1. The summed E-state index contributed by atoms with van der Waals surface area (Å²) in [6, 6.07) is 3.93. The number of rotatable bonds is 4. The number of carbonyl (C=O) groups excluding carboxylic acids is 1. The molecule has 1 N–H and O–H groups in total. The molecule has 0 bridgehead atoms. The van der Waals surface area contributed by atoms with Crippen LogP contribution in [-0.4, -0.2) is 40.0 Å². The van der Waals surface area contributed by atoms with Gasteiger partial charge in [0.05, 0.1) is 6.54 Å². The van der Waals surface area contributed by atoms with E-state index in [1.165, 1.54) is 0 Å². The van der Waals surface area contributed by atoms with Crippen molar-refractivity contribution in [3.8, 4) is 11.1 Å². The molecule has 1 aliphatic heterocycles. The molecule has 0 aliphatic carbocycles. The Morgan fingerprint density at radius 1 is 1.48 bits per heavy atom. The third-order valence-electron chi connectivity index (χ3n) is 4.76. The fraction of sp³-hybridized carbons (Fsp3) is 0.368. The number of halogens is 1. The summed E-state index contributed by atoms with van der Waals surface area (Å²) in [5.74, 6) is 0.0532. The molecule has 132 valence electrons. The molecule has 0 fully saturated rings. The standard InChI is InChI=1S/C19H23ClN4O/c1-5-15(21-4)11-24-13(3)9-23-10-14(6-17(23)19(24)25)16-7-18(20)22-8-12(16)2/h5-8,10,13,21H,9,11H2,1-4H3/b15-5-/t13-/m0/s1. The molecular weight excluding hydrogens is 336 g/mol. The fourth-order valence-corrected chi connectivity index (χ4v) is 3.41. The van der Waals surface area contributed by atoms with Crippen molar-refractivity contribution in [1.29, 1.82) is 0 Å². The minimum Gasteiger partial charge on any atom is -0.390 e. The third kappa shape index (κ3) is 3.29. The Hall–Kier alpha value is -2.27. The van der Waals surface area contributed by atoms with Gasteiger partial charge in [0.2, 0.25) is 0 Å². The predicted molar refractivity (Wildman–Crippen MR) is 101 cm³/mol. The van der Waals surface area contributed by atoms with Crippen LogP contribution in [0.2, 0.25) is 5.15 Å². The minimum absolute atomic E-state index is 0.0532. The van der Waals surface area contributed by atoms with Crippen molar-refractivity contribution in [3.05, 3.63) is 52.7 Å². The van der Waals surface area contributed by atoms with Crippen LogP contribution in [0.5, 0.6) is 0 Å². The van der Waals surface area contributed by atoms with Gasteiger partial charge in [0.25, 0.3) is 5.91 Å². The van der Waals surface area contributed by atoms with E-state index in [4.69, 9.17) is 11.6 Å². The van der Waals surface area contributed by atoms with Gasteiger partial charge >= 0.3 is 0 Å². The normalized spacial score (nSPS) is 17.6. The van der Waals surface area contributed by atoms with Crippen molar-refractivity contribution in [3.63, 3.8) is 0 Å². The molecule has 0 radical (unpaired) electrons. The average Bonchev–Trinajstić information content (AvgIpc) is 3.01. The van der Waals surface area contributed by atoms with Crippen LogP contribution in [0, 0.1) is 6.92 Å². The Balaban J connectivity index is 1.97. The molecule has 5 nitrogen and oxygen atoms in total. The second-order valence-electron chi connectivity index (χ2n) is 6.43. The highest BCUT2D eigenvalue weighted by atomic mass is 35.5. The van der Waals surface area contributed by atoms with Crippen LogP contribution in [0.25, 0.3) is 11.1 Å². The molecule has 3 rings (SSSR count). The fourth-order valence-electron chi connectivity index (χ4n) is 3.25. The SMILES string of the molecule is C/C=C(/CN1C(=O)c2cc(-c3cc(Cl)ncc3C)cn2C[C@@H]1C)NC. The Morgan fingerprint density at radius 2 is 2.24 bits per heavy atom. The van der Waals surface area contributed by atoms with E-state index in [1.54, 1.807) is 6.20 Å². The first kappa shape index (κ1) is 17.5. The zero-order valence-electron chi connectivity index (χ0n) is 15.0. The largest absolute Gasteiger partial charge is 0.390 e. The smallest absolute Gasteiger partial charge is 0.271 e. The molecule has 0 aromatic carbocycles. The Labute approximate surface area is 153 Å². The van der Waals surface area contributed by atoms with Gasteiger partial charge in [-0.25, -0.2) is 4.98 Å². The molecule has 0 spiro atoms. The van der Waals surface area contributed by atoms with E-state index in [0.717, 1.165) is 28.9 Å². The van der Waals surface area contributed by atoms with E-state index in [2.05, 4.69) is 17.2 Å². The molecule has 25 heavy (non-hydrogen) atoms. The van der Waals surface area contributed by atoms with Crippen LogP contribution in [-0.2, 0) is 6.54 Å². The van der Waals surface area contributed by atoms with Crippen molar-refractivity contribution in [2.24, 2.45) is 0 Å². The number of pyridine rings is 1. The van der Waals surface area contributed by atoms with Crippen molar-refractivity contribution >= 4 is 17.5 Å². The van der Waals surface area contributed by atoms with E-state index in [9.17, 15) is 4.79 Å². The van der Waals surface area contributed by atoms with Crippen LogP contribution in [0.3, 0.4) is 0 Å². The lowest BCUT2D eigenvalue weighted by Gasteiger charge is -2.35. The summed E-state index contributed by atoms with van der Waals surface area (Å²) in [4.78, 5) is 19.0. The molecule has 0 saturated heterocycles. The monoisotopic (exact) mass is 358 g/mol.